The van der Waals surface area contributed by atoms with E-state index in [0.29, 0.717) is 11.7 Å². The van der Waals surface area contributed by atoms with Gasteiger partial charge in [-0.25, -0.2) is 0 Å². The van der Waals surface area contributed by atoms with E-state index in [2.05, 4.69) is 31.2 Å². The lowest BCUT2D eigenvalue weighted by Crippen LogP contribution is -1.97. The van der Waals surface area contributed by atoms with E-state index in [1.54, 1.807) is 10.9 Å². The molecule has 0 bridgehead atoms. The van der Waals surface area contributed by atoms with Crippen molar-refractivity contribution >= 4 is 15.9 Å². The zero-order chi connectivity index (χ0) is 10.1. The molecule has 0 aromatic carbocycles. The molecule has 0 aliphatic carbocycles. The highest BCUT2D eigenvalue weighted by atomic mass is 79.9. The van der Waals surface area contributed by atoms with Crippen molar-refractivity contribution in [2.45, 2.75) is 6.54 Å². The largest absolute Gasteiger partial charge is 0.334 e. The van der Waals surface area contributed by atoms with Gasteiger partial charge in [0.15, 0.2) is 5.82 Å². The second-order valence-corrected chi connectivity index (χ2v) is 3.44. The Morgan fingerprint density at radius 2 is 2.43 bits per heavy atom. The highest BCUT2D eigenvalue weighted by Crippen LogP contribution is 2.25. The molecule has 0 radical (unpaired) electrons. The standard InChI is InChI=1S/C7H8BrN5O/c1-13-6(8)4(3-10-13)7-11-5(2-9)12-14-7/h3H,2,9H2,1H3. The van der Waals surface area contributed by atoms with Gasteiger partial charge >= 0.3 is 0 Å². The number of nitrogens with two attached hydrogens (primary N) is 1. The van der Waals surface area contributed by atoms with Gasteiger partial charge in [0.2, 0.25) is 0 Å². The van der Waals surface area contributed by atoms with E-state index in [4.69, 9.17) is 10.3 Å². The number of rotatable bonds is 2. The molecule has 0 unspecified atom stereocenters. The first-order chi connectivity index (χ1) is 6.72. The van der Waals surface area contributed by atoms with Crippen molar-refractivity contribution in [1.82, 2.24) is 19.9 Å². The summed E-state index contributed by atoms with van der Waals surface area (Å²) in [6.45, 7) is 0.265. The summed E-state index contributed by atoms with van der Waals surface area (Å²) in [7, 11) is 1.81. The van der Waals surface area contributed by atoms with E-state index < -0.39 is 0 Å². The van der Waals surface area contributed by atoms with E-state index in [1.165, 1.54) is 0 Å². The van der Waals surface area contributed by atoms with E-state index in [9.17, 15) is 0 Å². The third-order valence-corrected chi connectivity index (χ3v) is 2.69. The maximum absolute atomic E-state index is 5.37. The average Bonchev–Trinajstić information content (AvgIpc) is 2.75. The van der Waals surface area contributed by atoms with Gasteiger partial charge in [0, 0.05) is 7.05 Å². The summed E-state index contributed by atoms with van der Waals surface area (Å²) in [5, 5.41) is 7.73. The first kappa shape index (κ1) is 9.35. The van der Waals surface area contributed by atoms with Gasteiger partial charge in [0.25, 0.3) is 5.89 Å². The summed E-state index contributed by atoms with van der Waals surface area (Å²) in [6, 6.07) is 0. The van der Waals surface area contributed by atoms with Gasteiger partial charge in [-0.1, -0.05) is 5.16 Å². The number of hydrogen-bond acceptors (Lipinski definition) is 5. The molecule has 2 aromatic rings. The van der Waals surface area contributed by atoms with E-state index in [-0.39, 0.29) is 6.54 Å². The Morgan fingerprint density at radius 1 is 1.64 bits per heavy atom. The second kappa shape index (κ2) is 3.50. The smallest absolute Gasteiger partial charge is 0.262 e. The van der Waals surface area contributed by atoms with Crippen LogP contribution in [0.5, 0.6) is 0 Å². The van der Waals surface area contributed by atoms with Crippen LogP contribution in [0.1, 0.15) is 5.82 Å². The molecule has 7 heteroatoms. The lowest BCUT2D eigenvalue weighted by molar-refractivity contribution is 0.422. The van der Waals surface area contributed by atoms with Crippen LogP contribution in [0.3, 0.4) is 0 Å². The fraction of sp³-hybridized carbons (Fsp3) is 0.286. The maximum atomic E-state index is 5.37. The fourth-order valence-electron chi connectivity index (χ4n) is 1.01. The van der Waals surface area contributed by atoms with Crippen molar-refractivity contribution in [3.05, 3.63) is 16.6 Å². The van der Waals surface area contributed by atoms with Gasteiger partial charge in [-0.3, -0.25) is 4.68 Å². The average molecular weight is 258 g/mol. The summed E-state index contributed by atoms with van der Waals surface area (Å²) >= 11 is 3.36. The van der Waals surface area contributed by atoms with Crippen LogP contribution in [-0.4, -0.2) is 19.9 Å². The molecule has 0 saturated carbocycles. The minimum Gasteiger partial charge on any atom is -0.334 e. The van der Waals surface area contributed by atoms with Crippen molar-refractivity contribution in [3.8, 4) is 11.5 Å². The van der Waals surface area contributed by atoms with Crippen LogP contribution < -0.4 is 5.73 Å². The lowest BCUT2D eigenvalue weighted by Gasteiger charge is -1.91. The van der Waals surface area contributed by atoms with Crippen molar-refractivity contribution in [1.29, 1.82) is 0 Å². The van der Waals surface area contributed by atoms with Crippen LogP contribution >= 0.6 is 15.9 Å². The number of nitrogens with zero attached hydrogens (tertiary/aromatic N) is 4. The van der Waals surface area contributed by atoms with Crippen LogP contribution in [-0.2, 0) is 13.6 Å². The highest BCUT2D eigenvalue weighted by Gasteiger charge is 2.14. The molecule has 6 nitrogen and oxygen atoms in total. The lowest BCUT2D eigenvalue weighted by atomic mass is 10.4. The number of aryl methyl sites for hydroxylation is 1. The van der Waals surface area contributed by atoms with Crippen molar-refractivity contribution in [2.24, 2.45) is 12.8 Å². The number of aromatic nitrogens is 4. The fourth-order valence-corrected chi connectivity index (χ4v) is 1.38. The summed E-state index contributed by atoms with van der Waals surface area (Å²) < 4.78 is 7.48. The molecule has 0 saturated heterocycles. The normalized spacial score (nSPS) is 10.8. The van der Waals surface area contributed by atoms with Crippen LogP contribution in [0.25, 0.3) is 11.5 Å². The van der Waals surface area contributed by atoms with Crippen molar-refractivity contribution < 1.29 is 4.52 Å². The van der Waals surface area contributed by atoms with Crippen LogP contribution in [0.4, 0.5) is 0 Å². The molecular formula is C7H8BrN5O. The Kier molecular flexibility index (Phi) is 2.34. The van der Waals surface area contributed by atoms with Gasteiger partial charge in [0.1, 0.15) is 4.60 Å². The predicted octanol–water partition coefficient (Wildman–Crippen LogP) is 0.691. The van der Waals surface area contributed by atoms with Gasteiger partial charge in [0.05, 0.1) is 18.3 Å². The summed E-state index contributed by atoms with van der Waals surface area (Å²) in [5.41, 5.74) is 6.13. The number of halogens is 1. The zero-order valence-electron chi connectivity index (χ0n) is 7.44. The van der Waals surface area contributed by atoms with E-state index in [1.807, 2.05) is 7.05 Å². The van der Waals surface area contributed by atoms with Crippen molar-refractivity contribution in [3.63, 3.8) is 0 Å². The Labute approximate surface area is 88.2 Å². The van der Waals surface area contributed by atoms with Gasteiger partial charge in [-0.15, -0.1) is 0 Å². The van der Waals surface area contributed by atoms with Crippen LogP contribution in [0.2, 0.25) is 0 Å². The Balaban J connectivity index is 2.44. The summed E-state index contributed by atoms with van der Waals surface area (Å²) in [6.07, 6.45) is 1.65. The first-order valence-corrected chi connectivity index (χ1v) is 4.72. The Hall–Kier alpha value is -1.21. The molecule has 2 aromatic heterocycles. The number of hydrogen-bond donors (Lipinski definition) is 1. The summed E-state index contributed by atoms with van der Waals surface area (Å²) in [4.78, 5) is 4.09. The van der Waals surface area contributed by atoms with Gasteiger partial charge in [-0.2, -0.15) is 10.1 Å². The molecule has 2 heterocycles. The topological polar surface area (TPSA) is 82.8 Å². The Morgan fingerprint density at radius 3 is 2.93 bits per heavy atom. The van der Waals surface area contributed by atoms with E-state index in [0.717, 1.165) is 10.2 Å². The minimum atomic E-state index is 0.265. The molecule has 74 valence electrons. The zero-order valence-corrected chi connectivity index (χ0v) is 9.02. The molecule has 2 rings (SSSR count). The highest BCUT2D eigenvalue weighted by molar-refractivity contribution is 9.10. The van der Waals surface area contributed by atoms with Crippen molar-refractivity contribution in [2.75, 3.05) is 0 Å². The molecule has 0 spiro atoms. The maximum Gasteiger partial charge on any atom is 0.262 e. The SMILES string of the molecule is Cn1ncc(-c2nc(CN)no2)c1Br. The monoisotopic (exact) mass is 257 g/mol. The van der Waals surface area contributed by atoms with E-state index >= 15 is 0 Å². The quantitative estimate of drug-likeness (QED) is 0.856. The van der Waals surface area contributed by atoms with Crippen LogP contribution in [0, 0.1) is 0 Å². The third-order valence-electron chi connectivity index (χ3n) is 1.75. The molecule has 0 fully saturated rings. The predicted molar refractivity (Wildman–Crippen MR) is 52.1 cm³/mol. The Bertz CT molecular complexity index is 449. The van der Waals surface area contributed by atoms with Gasteiger partial charge in [-0.05, 0) is 15.9 Å². The van der Waals surface area contributed by atoms with Gasteiger partial charge < -0.3 is 10.3 Å². The molecule has 0 amide bonds. The first-order valence-electron chi connectivity index (χ1n) is 3.93. The molecule has 0 aliphatic heterocycles. The molecule has 2 N–H and O–H groups in total. The molecule has 0 atom stereocenters. The minimum absolute atomic E-state index is 0.265. The molecule has 14 heavy (non-hydrogen) atoms. The molecular weight excluding hydrogens is 250 g/mol. The summed E-state index contributed by atoms with van der Waals surface area (Å²) in [5.74, 6) is 0.904. The second-order valence-electron chi connectivity index (χ2n) is 2.69. The van der Waals surface area contributed by atoms with Crippen LogP contribution in [0.15, 0.2) is 15.3 Å². The third kappa shape index (κ3) is 1.44. The molecule has 0 aliphatic rings.